The van der Waals surface area contributed by atoms with Crippen LogP contribution in [0, 0.1) is 34.1 Å². The van der Waals surface area contributed by atoms with E-state index >= 15 is 0 Å². The molecular weight excluding hydrogens is 614 g/mol. The van der Waals surface area contributed by atoms with Crippen LogP contribution in [0.4, 0.5) is 22.7 Å². The Labute approximate surface area is 231 Å². The topological polar surface area (TPSA) is 102 Å². The molecular formula is C28H20N4O4Se2. The van der Waals surface area contributed by atoms with E-state index in [-0.39, 0.29) is 21.2 Å². The average molecular weight is 634 g/mol. The molecule has 2 heterocycles. The number of hydrogen-bond acceptors (Lipinski definition) is 6. The zero-order valence-corrected chi connectivity index (χ0v) is 23.7. The first kappa shape index (κ1) is 24.5. The first-order valence-electron chi connectivity index (χ1n) is 11.7. The zero-order chi connectivity index (χ0) is 26.6. The molecule has 188 valence electrons. The summed E-state index contributed by atoms with van der Waals surface area (Å²) in [4.78, 5) is 28.7. The summed E-state index contributed by atoms with van der Waals surface area (Å²) in [6, 6.07) is 26.2. The molecule has 2 aliphatic heterocycles. The minimum atomic E-state index is -0.872. The second-order valence-electron chi connectivity index (χ2n) is 9.09. The second kappa shape index (κ2) is 9.18. The predicted octanol–water partition coefficient (Wildman–Crippen LogP) is 4.20. The third kappa shape index (κ3) is 3.77. The van der Waals surface area contributed by atoms with Gasteiger partial charge in [0.2, 0.25) is 0 Å². The Hall–Kier alpha value is -3.81. The quantitative estimate of drug-likeness (QED) is 0.190. The van der Waals surface area contributed by atoms with Crippen LogP contribution in [0.15, 0.2) is 89.9 Å². The molecule has 0 bridgehead atoms. The van der Waals surface area contributed by atoms with E-state index in [9.17, 15) is 20.2 Å². The maximum absolute atomic E-state index is 12.1. The maximum atomic E-state index is 12.1. The summed E-state index contributed by atoms with van der Waals surface area (Å²) < 4.78 is 2.68. The molecule has 10 heteroatoms. The molecule has 1 atom stereocenters. The standard InChI is InChI=1S/C28H20N4O4Se2/c1-17-9-13-19(14-10-17)29-27-21-5-3-7-23(31(33)34)25(21)37-28(27)22-6-4-8-24(32(35)36)26(22)38-30(28)20-15-11-18(2)12-16-20/h3-16H,1-2H3/t28-/m1/s1. The van der Waals surface area contributed by atoms with E-state index in [0.29, 0.717) is 14.6 Å². The predicted molar refractivity (Wildman–Crippen MR) is 150 cm³/mol. The third-order valence-corrected chi connectivity index (χ3v) is 13.1. The average Bonchev–Trinajstić information content (AvgIpc) is 3.41. The number of aliphatic imine (C=N–C) groups is 1. The Kier molecular flexibility index (Phi) is 5.93. The van der Waals surface area contributed by atoms with E-state index < -0.39 is 34.6 Å². The summed E-state index contributed by atoms with van der Waals surface area (Å²) in [5.74, 6) is 0. The van der Waals surface area contributed by atoms with E-state index in [2.05, 4.69) is 3.92 Å². The van der Waals surface area contributed by atoms with E-state index in [1.165, 1.54) is 6.07 Å². The van der Waals surface area contributed by atoms with Crippen LogP contribution in [0.3, 0.4) is 0 Å². The molecule has 8 nitrogen and oxygen atoms in total. The Morgan fingerprint density at radius 2 is 1.34 bits per heavy atom. The number of nitro groups is 2. The summed E-state index contributed by atoms with van der Waals surface area (Å²) in [7, 11) is 0. The van der Waals surface area contributed by atoms with Gasteiger partial charge in [-0.1, -0.05) is 0 Å². The molecule has 0 saturated carbocycles. The summed E-state index contributed by atoms with van der Waals surface area (Å²) in [6.07, 6.45) is 0. The molecule has 0 saturated heterocycles. The molecule has 0 amide bonds. The number of fused-ring (bicyclic) bond motifs is 3. The van der Waals surface area contributed by atoms with Crippen molar-refractivity contribution in [3.63, 3.8) is 0 Å². The van der Waals surface area contributed by atoms with Crippen LogP contribution in [0.5, 0.6) is 0 Å². The van der Waals surface area contributed by atoms with Crippen molar-refractivity contribution in [2.45, 2.75) is 18.3 Å². The fourth-order valence-corrected chi connectivity index (χ4v) is 11.8. The number of nitro benzene ring substituents is 2. The van der Waals surface area contributed by atoms with Crippen molar-refractivity contribution in [2.75, 3.05) is 3.92 Å². The number of aryl methyl sites for hydroxylation is 2. The van der Waals surface area contributed by atoms with Crippen molar-refractivity contribution in [3.05, 3.63) is 127 Å². The minimum absolute atomic E-state index is 0.0613. The first-order valence-corrected chi connectivity index (χ1v) is 15.1. The van der Waals surface area contributed by atoms with Gasteiger partial charge in [-0.15, -0.1) is 0 Å². The molecule has 0 aromatic heterocycles. The Morgan fingerprint density at radius 3 is 1.97 bits per heavy atom. The van der Waals surface area contributed by atoms with Crippen molar-refractivity contribution in [1.82, 2.24) is 0 Å². The molecule has 38 heavy (non-hydrogen) atoms. The molecule has 0 N–H and O–H groups in total. The van der Waals surface area contributed by atoms with Gasteiger partial charge < -0.3 is 0 Å². The first-order chi connectivity index (χ1) is 18.3. The van der Waals surface area contributed by atoms with E-state index in [1.807, 2.05) is 74.5 Å². The second-order valence-corrected chi connectivity index (χ2v) is 13.6. The van der Waals surface area contributed by atoms with E-state index in [4.69, 9.17) is 4.99 Å². The third-order valence-electron chi connectivity index (χ3n) is 6.58. The van der Waals surface area contributed by atoms with Crippen molar-refractivity contribution < 1.29 is 9.85 Å². The molecule has 0 unspecified atom stereocenters. The van der Waals surface area contributed by atoms with Crippen molar-refractivity contribution >= 4 is 67.5 Å². The SMILES string of the molecule is Cc1ccc(N=C2c3cccc([N+](=O)[O-])c3[Se][C@]23c2cccc([N+](=O)[O-])c2[Se]N3c2ccc(C)cc2)cc1. The summed E-state index contributed by atoms with van der Waals surface area (Å²) in [6.45, 7) is 4.01. The van der Waals surface area contributed by atoms with Gasteiger partial charge in [0.05, 0.1) is 0 Å². The van der Waals surface area contributed by atoms with Crippen molar-refractivity contribution in [1.29, 1.82) is 0 Å². The van der Waals surface area contributed by atoms with Crippen LogP contribution in [-0.4, -0.2) is 45.7 Å². The molecule has 4 aromatic rings. The van der Waals surface area contributed by atoms with Gasteiger partial charge in [-0.3, -0.25) is 0 Å². The summed E-state index contributed by atoms with van der Waals surface area (Å²) in [5.41, 5.74) is 6.21. The van der Waals surface area contributed by atoms with Gasteiger partial charge in [0, 0.05) is 0 Å². The molecule has 0 radical (unpaired) electrons. The Morgan fingerprint density at radius 1 is 0.763 bits per heavy atom. The van der Waals surface area contributed by atoms with Gasteiger partial charge in [0.1, 0.15) is 0 Å². The van der Waals surface area contributed by atoms with E-state index in [1.54, 1.807) is 18.2 Å². The molecule has 0 aliphatic carbocycles. The summed E-state index contributed by atoms with van der Waals surface area (Å²) in [5, 5.41) is 24.2. The van der Waals surface area contributed by atoms with Gasteiger partial charge in [0.25, 0.3) is 0 Å². The monoisotopic (exact) mass is 636 g/mol. The van der Waals surface area contributed by atoms with Crippen LogP contribution in [0.25, 0.3) is 0 Å². The van der Waals surface area contributed by atoms with Crippen LogP contribution >= 0.6 is 0 Å². The van der Waals surface area contributed by atoms with Crippen LogP contribution in [-0.2, 0) is 4.44 Å². The molecule has 6 rings (SSSR count). The van der Waals surface area contributed by atoms with Gasteiger partial charge in [-0.2, -0.15) is 0 Å². The van der Waals surface area contributed by atoms with Gasteiger partial charge in [-0.05, 0) is 0 Å². The van der Waals surface area contributed by atoms with Crippen LogP contribution < -0.4 is 12.8 Å². The summed E-state index contributed by atoms with van der Waals surface area (Å²) >= 11 is -0.969. The molecule has 0 fully saturated rings. The fraction of sp³-hybridized carbons (Fsp3) is 0.107. The number of hydrogen-bond donors (Lipinski definition) is 0. The molecule has 2 aliphatic rings. The van der Waals surface area contributed by atoms with Gasteiger partial charge in [0.15, 0.2) is 0 Å². The number of benzene rings is 4. The van der Waals surface area contributed by atoms with Crippen molar-refractivity contribution in [3.8, 4) is 0 Å². The van der Waals surface area contributed by atoms with Crippen molar-refractivity contribution in [2.24, 2.45) is 4.99 Å². The normalized spacial score (nSPS) is 18.6. The number of nitrogens with zero attached hydrogens (tertiary/aromatic N) is 4. The number of rotatable bonds is 4. The Bertz CT molecular complexity index is 1650. The van der Waals surface area contributed by atoms with Crippen LogP contribution in [0.1, 0.15) is 22.3 Å². The van der Waals surface area contributed by atoms with Crippen LogP contribution in [0.2, 0.25) is 0 Å². The molecule has 4 aromatic carbocycles. The van der Waals surface area contributed by atoms with Gasteiger partial charge in [-0.25, -0.2) is 0 Å². The fourth-order valence-electron chi connectivity index (χ4n) is 4.76. The number of anilines is 1. The zero-order valence-electron chi connectivity index (χ0n) is 20.3. The van der Waals surface area contributed by atoms with E-state index in [0.717, 1.165) is 33.6 Å². The Balaban J connectivity index is 1.70. The van der Waals surface area contributed by atoms with Gasteiger partial charge >= 0.3 is 232 Å². The molecule has 1 spiro atoms.